The maximum absolute atomic E-state index is 13.1. The van der Waals surface area contributed by atoms with E-state index in [1.165, 1.54) is 6.07 Å². The molecule has 3 N–H and O–H groups in total. The molecule has 1 amide bonds. The molecule has 6 heteroatoms. The quantitative estimate of drug-likeness (QED) is 0.463. The molecule has 0 fully saturated rings. The highest BCUT2D eigenvalue weighted by Crippen LogP contribution is 2.32. The zero-order chi connectivity index (χ0) is 20.2. The van der Waals surface area contributed by atoms with E-state index in [4.69, 9.17) is 0 Å². The predicted molar refractivity (Wildman–Crippen MR) is 112 cm³/mol. The van der Waals surface area contributed by atoms with Crippen molar-refractivity contribution in [1.29, 1.82) is 0 Å². The maximum Gasteiger partial charge on any atom is 0.277 e. The van der Waals surface area contributed by atoms with Crippen LogP contribution in [0.5, 0.6) is 5.75 Å². The Kier molecular flexibility index (Phi) is 4.90. The molecule has 0 saturated carbocycles. The SMILES string of the molecule is O=C(Nc1ccccc1O)c1c(-c2ccccc2)c(-c2ccccc2)n[nH]c1=O. The molecule has 0 aliphatic heterocycles. The average Bonchev–Trinajstić information content (AvgIpc) is 2.76. The standard InChI is InChI=1S/C23H17N3O3/c27-18-14-8-7-13-17(18)24-22(28)20-19(15-9-3-1-4-10-15)21(25-26-23(20)29)16-11-5-2-6-12-16/h1-14,27H,(H,24,28)(H,26,29). The molecule has 6 nitrogen and oxygen atoms in total. The summed E-state index contributed by atoms with van der Waals surface area (Å²) in [7, 11) is 0. The van der Waals surface area contributed by atoms with E-state index in [0.29, 0.717) is 16.8 Å². The molecule has 142 valence electrons. The van der Waals surface area contributed by atoms with Crippen LogP contribution in [0.3, 0.4) is 0 Å². The number of hydrogen-bond acceptors (Lipinski definition) is 4. The van der Waals surface area contributed by atoms with Gasteiger partial charge in [0.05, 0.1) is 11.4 Å². The average molecular weight is 383 g/mol. The van der Waals surface area contributed by atoms with Crippen LogP contribution in [0.2, 0.25) is 0 Å². The molecule has 3 aromatic carbocycles. The third kappa shape index (κ3) is 3.64. The number of aromatic hydroxyl groups is 1. The highest BCUT2D eigenvalue weighted by Gasteiger charge is 2.23. The number of nitrogens with zero attached hydrogens (tertiary/aromatic N) is 1. The van der Waals surface area contributed by atoms with Crippen LogP contribution in [0.1, 0.15) is 10.4 Å². The summed E-state index contributed by atoms with van der Waals surface area (Å²) in [6, 6.07) is 24.8. The summed E-state index contributed by atoms with van der Waals surface area (Å²) in [5.41, 5.74) is 1.89. The smallest absolute Gasteiger partial charge is 0.277 e. The Morgan fingerprint density at radius 1 is 0.828 bits per heavy atom. The van der Waals surface area contributed by atoms with Gasteiger partial charge in [-0.05, 0) is 17.7 Å². The number of phenols is 1. The molecule has 0 radical (unpaired) electrons. The van der Waals surface area contributed by atoms with Gasteiger partial charge in [-0.1, -0.05) is 72.8 Å². The molecule has 0 saturated heterocycles. The summed E-state index contributed by atoms with van der Waals surface area (Å²) in [6.45, 7) is 0. The van der Waals surface area contributed by atoms with Crippen LogP contribution in [0, 0.1) is 0 Å². The molecule has 0 spiro atoms. The van der Waals surface area contributed by atoms with Crippen LogP contribution >= 0.6 is 0 Å². The fourth-order valence-corrected chi connectivity index (χ4v) is 3.12. The van der Waals surface area contributed by atoms with Crippen molar-refractivity contribution in [2.75, 3.05) is 5.32 Å². The third-order valence-electron chi connectivity index (χ3n) is 4.47. The fourth-order valence-electron chi connectivity index (χ4n) is 3.12. The number of nitrogens with one attached hydrogen (secondary N) is 2. The van der Waals surface area contributed by atoms with Crippen LogP contribution in [0.4, 0.5) is 5.69 Å². The summed E-state index contributed by atoms with van der Waals surface area (Å²) >= 11 is 0. The van der Waals surface area contributed by atoms with E-state index in [1.54, 1.807) is 18.2 Å². The summed E-state index contributed by atoms with van der Waals surface area (Å²) < 4.78 is 0. The molecule has 1 aromatic heterocycles. The Balaban J connectivity index is 1.92. The molecular weight excluding hydrogens is 366 g/mol. The number of aromatic amines is 1. The minimum atomic E-state index is -0.633. The first-order chi connectivity index (χ1) is 14.1. The fraction of sp³-hybridized carbons (Fsp3) is 0. The second kappa shape index (κ2) is 7.82. The number of carbonyl (C=O) groups is 1. The molecule has 4 aromatic rings. The Bertz CT molecular complexity index is 1220. The van der Waals surface area contributed by atoms with Crippen molar-refractivity contribution in [3.8, 4) is 28.1 Å². The Morgan fingerprint density at radius 3 is 2.07 bits per heavy atom. The molecule has 0 aliphatic rings. The van der Waals surface area contributed by atoms with E-state index in [2.05, 4.69) is 15.5 Å². The van der Waals surface area contributed by atoms with Crippen molar-refractivity contribution < 1.29 is 9.90 Å². The molecule has 29 heavy (non-hydrogen) atoms. The van der Waals surface area contributed by atoms with E-state index in [-0.39, 0.29) is 17.0 Å². The first kappa shape index (κ1) is 18.2. The van der Waals surface area contributed by atoms with Crippen molar-refractivity contribution in [3.63, 3.8) is 0 Å². The van der Waals surface area contributed by atoms with Crippen molar-refractivity contribution >= 4 is 11.6 Å². The van der Waals surface area contributed by atoms with Gasteiger partial charge in [0.2, 0.25) is 0 Å². The van der Waals surface area contributed by atoms with Gasteiger partial charge in [-0.2, -0.15) is 5.10 Å². The van der Waals surface area contributed by atoms with Crippen molar-refractivity contribution in [2.24, 2.45) is 0 Å². The van der Waals surface area contributed by atoms with Crippen molar-refractivity contribution in [1.82, 2.24) is 10.2 Å². The molecule has 0 bridgehead atoms. The van der Waals surface area contributed by atoms with Crippen molar-refractivity contribution in [2.45, 2.75) is 0 Å². The number of benzene rings is 3. The maximum atomic E-state index is 13.1. The van der Waals surface area contributed by atoms with Gasteiger partial charge < -0.3 is 10.4 Å². The Morgan fingerprint density at radius 2 is 1.41 bits per heavy atom. The van der Waals surface area contributed by atoms with Crippen LogP contribution in [-0.4, -0.2) is 21.2 Å². The van der Waals surface area contributed by atoms with Gasteiger partial charge in [0, 0.05) is 11.1 Å². The lowest BCUT2D eigenvalue weighted by Crippen LogP contribution is -2.26. The number of aromatic nitrogens is 2. The predicted octanol–water partition coefficient (Wildman–Crippen LogP) is 4.06. The topological polar surface area (TPSA) is 95.1 Å². The summed E-state index contributed by atoms with van der Waals surface area (Å²) in [4.78, 5) is 25.8. The summed E-state index contributed by atoms with van der Waals surface area (Å²) in [5.74, 6) is -0.720. The zero-order valence-electron chi connectivity index (χ0n) is 15.3. The van der Waals surface area contributed by atoms with E-state index in [9.17, 15) is 14.7 Å². The number of rotatable bonds is 4. The number of anilines is 1. The number of amides is 1. The molecular formula is C23H17N3O3. The number of phenolic OH excluding ortho intramolecular Hbond substituents is 1. The Hall–Kier alpha value is -4.19. The van der Waals surface area contributed by atoms with Gasteiger partial charge in [-0.3, -0.25) is 9.59 Å². The van der Waals surface area contributed by atoms with E-state index in [1.807, 2.05) is 60.7 Å². The minimum absolute atomic E-state index is 0.0756. The lowest BCUT2D eigenvalue weighted by atomic mass is 9.95. The highest BCUT2D eigenvalue weighted by atomic mass is 16.3. The van der Waals surface area contributed by atoms with Crippen LogP contribution in [-0.2, 0) is 0 Å². The summed E-state index contributed by atoms with van der Waals surface area (Å²) in [6.07, 6.45) is 0. The summed E-state index contributed by atoms with van der Waals surface area (Å²) in [5, 5.41) is 19.3. The van der Waals surface area contributed by atoms with Crippen LogP contribution in [0.25, 0.3) is 22.4 Å². The van der Waals surface area contributed by atoms with Crippen LogP contribution < -0.4 is 10.9 Å². The zero-order valence-corrected chi connectivity index (χ0v) is 15.3. The first-order valence-corrected chi connectivity index (χ1v) is 8.98. The lowest BCUT2D eigenvalue weighted by molar-refractivity contribution is 0.102. The van der Waals surface area contributed by atoms with Gasteiger partial charge in [0.15, 0.2) is 0 Å². The van der Waals surface area contributed by atoms with Crippen LogP contribution in [0.15, 0.2) is 89.7 Å². The second-order valence-corrected chi connectivity index (χ2v) is 6.35. The largest absolute Gasteiger partial charge is 0.506 e. The minimum Gasteiger partial charge on any atom is -0.506 e. The van der Waals surface area contributed by atoms with E-state index in [0.717, 1.165) is 5.56 Å². The number of carbonyl (C=O) groups excluding carboxylic acids is 1. The van der Waals surface area contributed by atoms with E-state index < -0.39 is 11.5 Å². The van der Waals surface area contributed by atoms with Gasteiger partial charge in [-0.25, -0.2) is 5.10 Å². The van der Waals surface area contributed by atoms with Gasteiger partial charge >= 0.3 is 0 Å². The molecule has 0 unspecified atom stereocenters. The number of hydrogen-bond donors (Lipinski definition) is 3. The molecule has 1 heterocycles. The number of H-pyrrole nitrogens is 1. The van der Waals surface area contributed by atoms with Gasteiger partial charge in [0.25, 0.3) is 11.5 Å². The normalized spacial score (nSPS) is 10.5. The Labute approximate surface area is 166 Å². The van der Waals surface area contributed by atoms with Gasteiger partial charge in [-0.15, -0.1) is 0 Å². The van der Waals surface area contributed by atoms with E-state index >= 15 is 0 Å². The molecule has 0 atom stereocenters. The first-order valence-electron chi connectivity index (χ1n) is 8.98. The monoisotopic (exact) mass is 383 g/mol. The second-order valence-electron chi connectivity index (χ2n) is 6.35. The number of para-hydroxylation sites is 2. The molecule has 0 aliphatic carbocycles. The molecule has 4 rings (SSSR count). The van der Waals surface area contributed by atoms with Gasteiger partial charge in [0.1, 0.15) is 11.3 Å². The lowest BCUT2D eigenvalue weighted by Gasteiger charge is -2.14. The van der Waals surface area contributed by atoms with Crippen molar-refractivity contribution in [3.05, 3.63) is 101 Å². The third-order valence-corrected chi connectivity index (χ3v) is 4.47. The highest BCUT2D eigenvalue weighted by molar-refractivity contribution is 6.10.